The lowest BCUT2D eigenvalue weighted by molar-refractivity contribution is -0.116. The highest BCUT2D eigenvalue weighted by Crippen LogP contribution is 2.30. The molecule has 1 amide bonds. The largest absolute Gasteiger partial charge is 0.455 e. The van der Waals surface area contributed by atoms with Crippen molar-refractivity contribution in [1.82, 2.24) is 0 Å². The highest BCUT2D eigenvalue weighted by molar-refractivity contribution is 5.99. The molecule has 1 unspecified atom stereocenters. The summed E-state index contributed by atoms with van der Waals surface area (Å²) in [5, 5.41) is 6.25. The number of amides is 1. The first-order valence-corrected chi connectivity index (χ1v) is 8.27. The average Bonchev–Trinajstić information content (AvgIpc) is 3.09. The first-order chi connectivity index (χ1) is 12.3. The molecule has 0 saturated carbocycles. The topological polar surface area (TPSA) is 50.4 Å². The number of carbonyl (C=O) groups is 1. The lowest BCUT2D eigenvalue weighted by Crippen LogP contribution is -2.32. The van der Waals surface area contributed by atoms with Gasteiger partial charge >= 0.3 is 0 Å². The summed E-state index contributed by atoms with van der Waals surface area (Å²) in [5.74, 6) is 1.29. The number of fused-ring (bicyclic) bond motifs is 1. The van der Waals surface area contributed by atoms with Crippen LogP contribution in [-0.4, -0.2) is 11.9 Å². The van der Waals surface area contributed by atoms with Gasteiger partial charge in [-0.25, -0.2) is 0 Å². The molecule has 0 aliphatic carbocycles. The van der Waals surface area contributed by atoms with Crippen molar-refractivity contribution in [2.45, 2.75) is 12.5 Å². The normalized spacial score (nSPS) is 15.1. The van der Waals surface area contributed by atoms with Gasteiger partial charge in [0.15, 0.2) is 5.75 Å². The Labute approximate surface area is 146 Å². The molecule has 0 radical (unpaired) electrons. The Bertz CT molecular complexity index is 868. The summed E-state index contributed by atoms with van der Waals surface area (Å²) in [5.41, 5.74) is 2.85. The molecule has 3 aromatic carbocycles. The fraction of sp³-hybridized carbons (Fsp3) is 0.0952. The molecule has 2 N–H and O–H groups in total. The molecule has 25 heavy (non-hydrogen) atoms. The van der Waals surface area contributed by atoms with Gasteiger partial charge in [0.25, 0.3) is 0 Å². The van der Waals surface area contributed by atoms with Crippen LogP contribution in [0.4, 0.5) is 11.4 Å². The van der Waals surface area contributed by atoms with Gasteiger partial charge in [-0.3, -0.25) is 4.79 Å². The van der Waals surface area contributed by atoms with Gasteiger partial charge in [0.1, 0.15) is 11.8 Å². The second kappa shape index (κ2) is 6.69. The van der Waals surface area contributed by atoms with Crippen LogP contribution in [-0.2, 0) is 11.2 Å². The van der Waals surface area contributed by atoms with Crippen LogP contribution in [0.3, 0.4) is 0 Å². The van der Waals surface area contributed by atoms with Gasteiger partial charge in [-0.2, -0.15) is 0 Å². The van der Waals surface area contributed by atoms with Crippen LogP contribution in [0.25, 0.3) is 0 Å². The zero-order chi connectivity index (χ0) is 17.1. The highest BCUT2D eigenvalue weighted by Gasteiger charge is 2.26. The minimum absolute atomic E-state index is 0.0692. The van der Waals surface area contributed by atoms with Crippen molar-refractivity contribution in [2.24, 2.45) is 0 Å². The number of carbonyl (C=O) groups excluding carboxylic acids is 1. The molecule has 1 heterocycles. The summed E-state index contributed by atoms with van der Waals surface area (Å²) in [6.45, 7) is 0. The van der Waals surface area contributed by atoms with E-state index in [0.717, 1.165) is 17.0 Å². The molecule has 1 atom stereocenters. The third-order valence-corrected chi connectivity index (χ3v) is 4.20. The Morgan fingerprint density at radius 3 is 2.48 bits per heavy atom. The second-order valence-corrected chi connectivity index (χ2v) is 5.96. The van der Waals surface area contributed by atoms with Gasteiger partial charge in [-0.1, -0.05) is 48.5 Å². The van der Waals surface area contributed by atoms with Gasteiger partial charge in [0, 0.05) is 12.1 Å². The van der Waals surface area contributed by atoms with E-state index in [1.807, 2.05) is 78.9 Å². The summed E-state index contributed by atoms with van der Waals surface area (Å²) in [4.78, 5) is 12.7. The number of nitrogens with one attached hydrogen (secondary N) is 2. The summed E-state index contributed by atoms with van der Waals surface area (Å²) in [6.07, 6.45) is 0.684. The number of benzene rings is 3. The Kier molecular flexibility index (Phi) is 4.09. The molecular formula is C21H18N2O2. The van der Waals surface area contributed by atoms with Crippen LogP contribution in [0.2, 0.25) is 0 Å². The van der Waals surface area contributed by atoms with E-state index in [0.29, 0.717) is 17.9 Å². The van der Waals surface area contributed by atoms with Crippen LogP contribution < -0.4 is 15.4 Å². The smallest absolute Gasteiger partial charge is 0.247 e. The van der Waals surface area contributed by atoms with E-state index in [-0.39, 0.29) is 11.9 Å². The zero-order valence-corrected chi connectivity index (χ0v) is 13.6. The van der Waals surface area contributed by atoms with Gasteiger partial charge in [-0.05, 0) is 35.9 Å². The lowest BCUT2D eigenvalue weighted by Gasteiger charge is -2.15. The Morgan fingerprint density at radius 2 is 1.64 bits per heavy atom. The van der Waals surface area contributed by atoms with E-state index >= 15 is 0 Å². The van der Waals surface area contributed by atoms with Crippen molar-refractivity contribution in [3.63, 3.8) is 0 Å². The summed E-state index contributed by atoms with van der Waals surface area (Å²) in [7, 11) is 0. The molecule has 1 aliphatic rings. The first kappa shape index (κ1) is 15.3. The van der Waals surface area contributed by atoms with E-state index < -0.39 is 0 Å². The third kappa shape index (κ3) is 3.33. The van der Waals surface area contributed by atoms with Crippen molar-refractivity contribution >= 4 is 17.3 Å². The molecule has 4 nitrogen and oxygen atoms in total. The SMILES string of the molecule is O=C(Nc1ccccc1Oc1ccccc1)C1Cc2ccccc2N1. The molecule has 124 valence electrons. The van der Waals surface area contributed by atoms with Gasteiger partial charge in [0.05, 0.1) is 5.69 Å². The van der Waals surface area contributed by atoms with Gasteiger partial charge in [0.2, 0.25) is 5.91 Å². The molecule has 1 aliphatic heterocycles. The fourth-order valence-electron chi connectivity index (χ4n) is 2.95. The maximum absolute atomic E-state index is 12.7. The summed E-state index contributed by atoms with van der Waals surface area (Å²) in [6, 6.07) is 24.7. The fourth-order valence-corrected chi connectivity index (χ4v) is 2.95. The molecule has 4 heteroatoms. The van der Waals surface area contributed by atoms with Crippen LogP contribution in [0, 0.1) is 0 Å². The van der Waals surface area contributed by atoms with Crippen molar-refractivity contribution < 1.29 is 9.53 Å². The number of anilines is 2. The molecule has 3 aromatic rings. The van der Waals surface area contributed by atoms with Crippen LogP contribution >= 0.6 is 0 Å². The van der Waals surface area contributed by atoms with Crippen molar-refractivity contribution in [1.29, 1.82) is 0 Å². The number of hydrogen-bond donors (Lipinski definition) is 2. The van der Waals surface area contributed by atoms with Gasteiger partial charge in [-0.15, -0.1) is 0 Å². The van der Waals surface area contributed by atoms with Crippen molar-refractivity contribution in [3.05, 3.63) is 84.4 Å². The van der Waals surface area contributed by atoms with Crippen LogP contribution in [0.15, 0.2) is 78.9 Å². The van der Waals surface area contributed by atoms with E-state index in [4.69, 9.17) is 4.74 Å². The standard InChI is InChI=1S/C21H18N2O2/c24-21(19-14-15-8-4-5-11-17(15)22-19)23-18-12-6-7-13-20(18)25-16-9-2-1-3-10-16/h1-13,19,22H,14H2,(H,23,24). The predicted molar refractivity (Wildman–Crippen MR) is 99.1 cm³/mol. The average molecular weight is 330 g/mol. The maximum Gasteiger partial charge on any atom is 0.247 e. The molecular weight excluding hydrogens is 312 g/mol. The second-order valence-electron chi connectivity index (χ2n) is 5.96. The van der Waals surface area contributed by atoms with Crippen molar-refractivity contribution in [2.75, 3.05) is 10.6 Å². The van der Waals surface area contributed by atoms with Crippen molar-refractivity contribution in [3.8, 4) is 11.5 Å². The minimum Gasteiger partial charge on any atom is -0.455 e. The van der Waals surface area contributed by atoms with Crippen LogP contribution in [0.1, 0.15) is 5.56 Å². The van der Waals surface area contributed by atoms with E-state index in [1.54, 1.807) is 0 Å². The highest BCUT2D eigenvalue weighted by atomic mass is 16.5. The van der Waals surface area contributed by atoms with E-state index in [9.17, 15) is 4.79 Å². The Morgan fingerprint density at radius 1 is 0.920 bits per heavy atom. The molecule has 0 spiro atoms. The van der Waals surface area contributed by atoms with E-state index in [2.05, 4.69) is 10.6 Å². The number of ether oxygens (including phenoxy) is 1. The number of para-hydroxylation sites is 4. The first-order valence-electron chi connectivity index (χ1n) is 8.27. The predicted octanol–water partition coefficient (Wildman–Crippen LogP) is 4.45. The van der Waals surface area contributed by atoms with Crippen LogP contribution in [0.5, 0.6) is 11.5 Å². The third-order valence-electron chi connectivity index (χ3n) is 4.20. The molecule has 4 rings (SSSR count). The Balaban J connectivity index is 1.49. The molecule has 0 bridgehead atoms. The summed E-state index contributed by atoms with van der Waals surface area (Å²) < 4.78 is 5.90. The zero-order valence-electron chi connectivity index (χ0n) is 13.6. The lowest BCUT2D eigenvalue weighted by atomic mass is 10.1. The molecule has 0 saturated heterocycles. The quantitative estimate of drug-likeness (QED) is 0.743. The number of rotatable bonds is 4. The van der Waals surface area contributed by atoms with E-state index in [1.165, 1.54) is 0 Å². The molecule has 0 fully saturated rings. The van der Waals surface area contributed by atoms with Gasteiger partial charge < -0.3 is 15.4 Å². The molecule has 0 aromatic heterocycles. The summed E-state index contributed by atoms with van der Waals surface area (Å²) >= 11 is 0. The maximum atomic E-state index is 12.7. The number of hydrogen-bond acceptors (Lipinski definition) is 3. The Hall–Kier alpha value is -3.27. The monoisotopic (exact) mass is 330 g/mol. The minimum atomic E-state index is -0.276.